The molecule has 0 aromatic heterocycles. The number of rotatable bonds is 7. The maximum absolute atomic E-state index is 14.0. The number of benzene rings is 1. The number of carbonyl (C=O) groups is 2. The number of halogens is 2. The van der Waals surface area contributed by atoms with Gasteiger partial charge in [0.2, 0.25) is 10.0 Å². The molecule has 2 rings (SSSR count). The first kappa shape index (κ1) is 23.1. The van der Waals surface area contributed by atoms with Crippen molar-refractivity contribution in [2.75, 3.05) is 46.9 Å². The van der Waals surface area contributed by atoms with Crippen LogP contribution in [0.1, 0.15) is 6.42 Å². The lowest BCUT2D eigenvalue weighted by atomic mass is 10.3. The van der Waals surface area contributed by atoms with E-state index >= 15 is 0 Å². The van der Waals surface area contributed by atoms with Gasteiger partial charge in [-0.2, -0.15) is 4.31 Å². The van der Waals surface area contributed by atoms with Gasteiger partial charge in [-0.05, 0) is 38.7 Å². The molecule has 1 atom stereocenters. The Labute approximate surface area is 168 Å². The summed E-state index contributed by atoms with van der Waals surface area (Å²) in [6, 6.07) is 2.13. The van der Waals surface area contributed by atoms with Crippen LogP contribution in [-0.2, 0) is 24.3 Å². The summed E-state index contributed by atoms with van der Waals surface area (Å²) in [4.78, 5) is 24.7. The summed E-state index contributed by atoms with van der Waals surface area (Å²) in [7, 11) is -0.803. The number of nitrogens with zero attached hydrogens (tertiary/aromatic N) is 2. The number of carbonyl (C=O) groups excluding carboxylic acids is 2. The largest absolute Gasteiger partial charge is 0.360 e. The molecule has 1 fully saturated rings. The molecule has 2 amide bonds. The van der Waals surface area contributed by atoms with Crippen LogP contribution >= 0.6 is 0 Å². The minimum atomic E-state index is -4.42. The molecule has 0 saturated carbocycles. The molecule has 1 unspecified atom stereocenters. The fraction of sp³-hybridized carbons (Fsp3) is 0.529. The van der Waals surface area contributed by atoms with E-state index in [1.807, 2.05) is 19.0 Å². The molecule has 0 radical (unpaired) electrons. The van der Waals surface area contributed by atoms with Crippen molar-refractivity contribution < 1.29 is 31.5 Å². The standard InChI is InChI=1S/C17H24F2N4O5S/c1-22(2)8-6-20-16(24)17(25)21-11-15-23(7-3-9-28-15)29(26,27)14-10-12(18)4-5-13(14)19/h4-5,10,15H,3,6-9,11H2,1-2H3,(H,20,24)(H,21,25). The molecule has 2 N–H and O–H groups in total. The predicted octanol–water partition coefficient (Wildman–Crippen LogP) is -0.504. The number of ether oxygens (including phenoxy) is 1. The highest BCUT2D eigenvalue weighted by atomic mass is 32.2. The van der Waals surface area contributed by atoms with Crippen molar-refractivity contribution in [1.82, 2.24) is 19.8 Å². The second-order valence-corrected chi connectivity index (χ2v) is 8.50. The topological polar surface area (TPSA) is 108 Å². The Morgan fingerprint density at radius 3 is 2.62 bits per heavy atom. The third kappa shape index (κ3) is 6.16. The first-order valence-electron chi connectivity index (χ1n) is 8.92. The fourth-order valence-corrected chi connectivity index (χ4v) is 4.28. The molecule has 1 aromatic rings. The van der Waals surface area contributed by atoms with Crippen LogP contribution in [0.4, 0.5) is 8.78 Å². The van der Waals surface area contributed by atoms with Gasteiger partial charge in [0, 0.05) is 19.6 Å². The summed E-state index contributed by atoms with van der Waals surface area (Å²) in [6.45, 7) is 0.686. The van der Waals surface area contributed by atoms with Gasteiger partial charge in [-0.15, -0.1) is 0 Å². The third-order valence-corrected chi connectivity index (χ3v) is 6.03. The van der Waals surface area contributed by atoms with Crippen LogP contribution in [0.2, 0.25) is 0 Å². The summed E-state index contributed by atoms with van der Waals surface area (Å²) in [5, 5.41) is 4.73. The lowest BCUT2D eigenvalue weighted by Gasteiger charge is -2.34. The lowest BCUT2D eigenvalue weighted by molar-refractivity contribution is -0.140. The molecule has 1 aromatic carbocycles. The molecule has 1 aliphatic rings. The molecular formula is C17H24F2N4O5S. The maximum Gasteiger partial charge on any atom is 0.309 e. The molecule has 1 aliphatic heterocycles. The van der Waals surface area contributed by atoms with E-state index < -0.39 is 44.6 Å². The monoisotopic (exact) mass is 434 g/mol. The molecule has 0 bridgehead atoms. The molecule has 29 heavy (non-hydrogen) atoms. The minimum Gasteiger partial charge on any atom is -0.360 e. The lowest BCUT2D eigenvalue weighted by Crippen LogP contribution is -2.53. The molecular weight excluding hydrogens is 410 g/mol. The Balaban J connectivity index is 2.05. The summed E-state index contributed by atoms with van der Waals surface area (Å²) in [5.74, 6) is -3.82. The fourth-order valence-electron chi connectivity index (χ4n) is 2.64. The Kier molecular flexibility index (Phi) is 8.02. The summed E-state index contributed by atoms with van der Waals surface area (Å²) in [6.07, 6.45) is -0.819. The van der Waals surface area contributed by atoms with Crippen molar-refractivity contribution in [3.05, 3.63) is 29.8 Å². The van der Waals surface area contributed by atoms with E-state index in [2.05, 4.69) is 10.6 Å². The van der Waals surface area contributed by atoms with Crippen LogP contribution in [0.5, 0.6) is 0 Å². The number of hydrogen-bond acceptors (Lipinski definition) is 6. The highest BCUT2D eigenvalue weighted by molar-refractivity contribution is 7.89. The SMILES string of the molecule is CN(C)CCNC(=O)C(=O)NCC1OCCCN1S(=O)(=O)c1cc(F)ccc1F. The van der Waals surface area contributed by atoms with E-state index in [9.17, 15) is 26.8 Å². The van der Waals surface area contributed by atoms with Gasteiger partial charge in [-0.25, -0.2) is 17.2 Å². The first-order chi connectivity index (χ1) is 13.6. The van der Waals surface area contributed by atoms with Crippen LogP contribution < -0.4 is 10.6 Å². The van der Waals surface area contributed by atoms with E-state index in [-0.39, 0.29) is 26.2 Å². The average Bonchev–Trinajstić information content (AvgIpc) is 2.67. The normalized spacial score (nSPS) is 17.9. The summed E-state index contributed by atoms with van der Waals surface area (Å²) in [5.41, 5.74) is 0. The van der Waals surface area contributed by atoms with Crippen LogP contribution in [0.15, 0.2) is 23.1 Å². The highest BCUT2D eigenvalue weighted by Gasteiger charge is 2.36. The number of likely N-dealkylation sites (N-methyl/N-ethyl adjacent to an activating group) is 1. The van der Waals surface area contributed by atoms with Gasteiger partial charge >= 0.3 is 11.8 Å². The van der Waals surface area contributed by atoms with Gasteiger partial charge in [0.15, 0.2) is 0 Å². The number of sulfonamides is 1. The van der Waals surface area contributed by atoms with Crippen molar-refractivity contribution >= 4 is 21.8 Å². The second-order valence-electron chi connectivity index (χ2n) is 6.64. The quantitative estimate of drug-likeness (QED) is 0.560. The second kappa shape index (κ2) is 10.1. The molecule has 9 nitrogen and oxygen atoms in total. The summed E-state index contributed by atoms with van der Waals surface area (Å²) < 4.78 is 59.3. The molecule has 1 saturated heterocycles. The van der Waals surface area contributed by atoms with E-state index in [1.165, 1.54) is 0 Å². The molecule has 0 spiro atoms. The zero-order valence-electron chi connectivity index (χ0n) is 16.2. The van der Waals surface area contributed by atoms with Crippen molar-refractivity contribution in [1.29, 1.82) is 0 Å². The zero-order valence-corrected chi connectivity index (χ0v) is 17.0. The number of nitrogens with one attached hydrogen (secondary N) is 2. The Morgan fingerprint density at radius 1 is 1.24 bits per heavy atom. The van der Waals surface area contributed by atoms with E-state index in [0.29, 0.717) is 19.0 Å². The van der Waals surface area contributed by atoms with Crippen molar-refractivity contribution in [3.8, 4) is 0 Å². The highest BCUT2D eigenvalue weighted by Crippen LogP contribution is 2.24. The number of hydrogen-bond donors (Lipinski definition) is 2. The van der Waals surface area contributed by atoms with E-state index in [4.69, 9.17) is 4.74 Å². The molecule has 162 valence electrons. The molecule has 0 aliphatic carbocycles. The molecule has 1 heterocycles. The van der Waals surface area contributed by atoms with Gasteiger partial charge < -0.3 is 20.3 Å². The third-order valence-electron chi connectivity index (χ3n) is 4.12. The number of amides is 2. The van der Waals surface area contributed by atoms with E-state index in [0.717, 1.165) is 16.4 Å². The average molecular weight is 434 g/mol. The predicted molar refractivity (Wildman–Crippen MR) is 99.2 cm³/mol. The Hall–Kier alpha value is -2.15. The van der Waals surface area contributed by atoms with Crippen molar-refractivity contribution in [2.45, 2.75) is 17.5 Å². The van der Waals surface area contributed by atoms with Crippen molar-refractivity contribution in [2.24, 2.45) is 0 Å². The molecule has 12 heteroatoms. The van der Waals surface area contributed by atoms with Gasteiger partial charge in [0.05, 0.1) is 13.2 Å². The van der Waals surface area contributed by atoms with Gasteiger partial charge in [0.1, 0.15) is 22.8 Å². The van der Waals surface area contributed by atoms with Crippen molar-refractivity contribution in [3.63, 3.8) is 0 Å². The summed E-state index contributed by atoms with van der Waals surface area (Å²) >= 11 is 0. The maximum atomic E-state index is 14.0. The van der Waals surface area contributed by atoms with Crippen LogP contribution in [0, 0.1) is 11.6 Å². The van der Waals surface area contributed by atoms with Crippen LogP contribution in [-0.4, -0.2) is 82.5 Å². The van der Waals surface area contributed by atoms with Crippen LogP contribution in [0.3, 0.4) is 0 Å². The first-order valence-corrected chi connectivity index (χ1v) is 10.4. The Morgan fingerprint density at radius 2 is 1.93 bits per heavy atom. The van der Waals surface area contributed by atoms with E-state index in [1.54, 1.807) is 0 Å². The van der Waals surface area contributed by atoms with Gasteiger partial charge in [-0.1, -0.05) is 0 Å². The smallest absolute Gasteiger partial charge is 0.309 e. The zero-order chi connectivity index (χ0) is 21.6. The minimum absolute atomic E-state index is 0.00610. The Bertz CT molecular complexity index is 850. The van der Waals surface area contributed by atoms with Crippen LogP contribution in [0.25, 0.3) is 0 Å². The van der Waals surface area contributed by atoms with Gasteiger partial charge in [-0.3, -0.25) is 9.59 Å². The van der Waals surface area contributed by atoms with Gasteiger partial charge in [0.25, 0.3) is 0 Å².